The van der Waals surface area contributed by atoms with Crippen LogP contribution in [0.3, 0.4) is 0 Å². The van der Waals surface area contributed by atoms with E-state index >= 15 is 0 Å². The van der Waals surface area contributed by atoms with E-state index in [1.807, 2.05) is 19.1 Å². The number of benzene rings is 2. The minimum absolute atomic E-state index is 0.155. The van der Waals surface area contributed by atoms with Gasteiger partial charge in [-0.05, 0) is 56.0 Å². The number of carbonyl (C=O) groups excluding carboxylic acids is 1. The summed E-state index contributed by atoms with van der Waals surface area (Å²) in [6.45, 7) is 3.80. The maximum Gasteiger partial charge on any atom is 0.310 e. The lowest BCUT2D eigenvalue weighted by Gasteiger charge is -2.07. The van der Waals surface area contributed by atoms with Crippen molar-refractivity contribution in [3.63, 3.8) is 0 Å². The molecule has 0 aliphatic carbocycles. The van der Waals surface area contributed by atoms with Crippen LogP contribution in [0.4, 0.5) is 0 Å². The van der Waals surface area contributed by atoms with Crippen LogP contribution in [0.1, 0.15) is 37.3 Å². The number of rotatable bonds is 9. The molecule has 0 unspecified atom stereocenters. The van der Waals surface area contributed by atoms with Gasteiger partial charge < -0.3 is 4.74 Å². The molecule has 0 heterocycles. The smallest absolute Gasteiger partial charge is 0.310 e. The fraction of sp³-hybridized carbons (Fsp3) is 0.350. The minimum atomic E-state index is -3.69. The average Bonchev–Trinajstić information content (AvgIpc) is 2.63. The van der Waals surface area contributed by atoms with Gasteiger partial charge in [0.25, 0.3) is 10.1 Å². The summed E-state index contributed by atoms with van der Waals surface area (Å²) in [5, 5.41) is 0. The molecular formula is C20H24O5S. The number of carbonyl (C=O) groups is 1. The molecule has 0 spiro atoms. The first-order valence-corrected chi connectivity index (χ1v) is 10.1. The van der Waals surface area contributed by atoms with Crippen LogP contribution in [0.25, 0.3) is 0 Å². The lowest BCUT2D eigenvalue weighted by atomic mass is 10.1. The fourth-order valence-electron chi connectivity index (χ4n) is 2.30. The Bertz CT molecular complexity index is 808. The monoisotopic (exact) mass is 376 g/mol. The van der Waals surface area contributed by atoms with Crippen LogP contribution >= 0.6 is 0 Å². The summed E-state index contributed by atoms with van der Waals surface area (Å²) in [7, 11) is -3.69. The van der Waals surface area contributed by atoms with Crippen molar-refractivity contribution in [2.75, 3.05) is 6.61 Å². The highest BCUT2D eigenvalue weighted by molar-refractivity contribution is 7.86. The maximum atomic E-state index is 12.1. The molecule has 6 heteroatoms. The normalized spacial score (nSPS) is 11.3. The number of hydrogen-bond acceptors (Lipinski definition) is 5. The van der Waals surface area contributed by atoms with Crippen LogP contribution in [0.5, 0.6) is 5.75 Å². The van der Waals surface area contributed by atoms with Gasteiger partial charge in [0.15, 0.2) is 0 Å². The summed E-state index contributed by atoms with van der Waals surface area (Å²) in [5.74, 6) is 0.276. The van der Waals surface area contributed by atoms with E-state index in [-0.39, 0.29) is 17.5 Å². The van der Waals surface area contributed by atoms with E-state index in [2.05, 4.69) is 0 Å². The molecule has 0 aliphatic rings. The molecule has 0 atom stereocenters. The number of aryl methyl sites for hydroxylation is 2. The van der Waals surface area contributed by atoms with Gasteiger partial charge in [0.2, 0.25) is 0 Å². The van der Waals surface area contributed by atoms with Crippen molar-refractivity contribution in [3.05, 3.63) is 59.7 Å². The molecule has 2 rings (SSSR count). The number of unbranched alkanes of at least 4 members (excludes halogenated alkanes) is 1. The van der Waals surface area contributed by atoms with Crippen molar-refractivity contribution in [3.8, 4) is 5.75 Å². The van der Waals surface area contributed by atoms with Crippen LogP contribution in [0.2, 0.25) is 0 Å². The molecule has 0 aromatic heterocycles. The Morgan fingerprint density at radius 3 is 2.23 bits per heavy atom. The summed E-state index contributed by atoms with van der Waals surface area (Å²) >= 11 is 0. The Morgan fingerprint density at radius 2 is 1.62 bits per heavy atom. The first kappa shape index (κ1) is 20.1. The van der Waals surface area contributed by atoms with Gasteiger partial charge in [-0.2, -0.15) is 8.42 Å². The Kier molecular flexibility index (Phi) is 7.36. The third-order valence-electron chi connectivity index (χ3n) is 3.85. The third-order valence-corrected chi connectivity index (χ3v) is 5.18. The lowest BCUT2D eigenvalue weighted by molar-refractivity contribution is -0.134. The molecule has 2 aromatic rings. The van der Waals surface area contributed by atoms with Crippen molar-refractivity contribution in [2.45, 2.75) is 44.4 Å². The van der Waals surface area contributed by atoms with Crippen molar-refractivity contribution >= 4 is 16.1 Å². The second-order valence-corrected chi connectivity index (χ2v) is 7.63. The Balaban J connectivity index is 1.73. The molecule has 140 valence electrons. The quantitative estimate of drug-likeness (QED) is 0.286. The van der Waals surface area contributed by atoms with Crippen molar-refractivity contribution in [1.82, 2.24) is 0 Å². The van der Waals surface area contributed by atoms with Gasteiger partial charge in [0.1, 0.15) is 5.75 Å². The minimum Gasteiger partial charge on any atom is -0.427 e. The predicted molar refractivity (Wildman–Crippen MR) is 99.6 cm³/mol. The van der Waals surface area contributed by atoms with Crippen molar-refractivity contribution in [2.24, 2.45) is 0 Å². The molecule has 0 N–H and O–H groups in total. The van der Waals surface area contributed by atoms with E-state index in [4.69, 9.17) is 8.92 Å². The van der Waals surface area contributed by atoms with E-state index < -0.39 is 10.1 Å². The van der Waals surface area contributed by atoms with Gasteiger partial charge in [-0.15, -0.1) is 0 Å². The van der Waals surface area contributed by atoms with Crippen molar-refractivity contribution < 1.29 is 22.1 Å². The van der Waals surface area contributed by atoms with Gasteiger partial charge in [-0.1, -0.05) is 36.8 Å². The zero-order chi connectivity index (χ0) is 19.0. The largest absolute Gasteiger partial charge is 0.427 e. The molecule has 0 fully saturated rings. The second kappa shape index (κ2) is 9.50. The zero-order valence-corrected chi connectivity index (χ0v) is 15.9. The van der Waals surface area contributed by atoms with Crippen LogP contribution in [0, 0.1) is 6.92 Å². The van der Waals surface area contributed by atoms with Crippen LogP contribution < -0.4 is 4.74 Å². The molecule has 5 nitrogen and oxygen atoms in total. The van der Waals surface area contributed by atoms with Gasteiger partial charge in [0.05, 0.1) is 11.5 Å². The third kappa shape index (κ3) is 6.28. The molecular weight excluding hydrogens is 352 g/mol. The Labute approximate surface area is 155 Å². The number of esters is 1. The molecule has 0 radical (unpaired) electrons. The SMILES string of the molecule is CCC(=O)Oc1ccc(CCCCOS(=O)(=O)c2ccc(C)cc2)cc1. The van der Waals surface area contributed by atoms with E-state index in [0.29, 0.717) is 18.6 Å². The fourth-order valence-corrected chi connectivity index (χ4v) is 3.24. The topological polar surface area (TPSA) is 69.7 Å². The first-order chi connectivity index (χ1) is 12.4. The van der Waals surface area contributed by atoms with Crippen LogP contribution in [-0.2, 0) is 25.5 Å². The Morgan fingerprint density at radius 1 is 0.962 bits per heavy atom. The molecule has 2 aromatic carbocycles. The molecule has 0 saturated carbocycles. The van der Waals surface area contributed by atoms with E-state index in [9.17, 15) is 13.2 Å². The zero-order valence-electron chi connectivity index (χ0n) is 15.1. The Hall–Kier alpha value is -2.18. The summed E-state index contributed by atoms with van der Waals surface area (Å²) in [5.41, 5.74) is 2.10. The first-order valence-electron chi connectivity index (χ1n) is 8.66. The van der Waals surface area contributed by atoms with Crippen LogP contribution in [-0.4, -0.2) is 21.0 Å². The average molecular weight is 376 g/mol. The second-order valence-electron chi connectivity index (χ2n) is 6.02. The molecule has 0 saturated heterocycles. The molecule has 0 bridgehead atoms. The highest BCUT2D eigenvalue weighted by Gasteiger charge is 2.14. The summed E-state index contributed by atoms with van der Waals surface area (Å²) < 4.78 is 34.3. The maximum absolute atomic E-state index is 12.1. The van der Waals surface area contributed by atoms with Crippen LogP contribution in [0.15, 0.2) is 53.4 Å². The predicted octanol–water partition coefficient (Wildman–Crippen LogP) is 4.04. The van der Waals surface area contributed by atoms with E-state index in [0.717, 1.165) is 24.0 Å². The molecule has 0 amide bonds. The summed E-state index contributed by atoms with van der Waals surface area (Å²) in [6, 6.07) is 13.9. The van der Waals surface area contributed by atoms with E-state index in [1.165, 1.54) is 0 Å². The van der Waals surface area contributed by atoms with Gasteiger partial charge in [-0.3, -0.25) is 8.98 Å². The van der Waals surface area contributed by atoms with Gasteiger partial charge >= 0.3 is 5.97 Å². The van der Waals surface area contributed by atoms with E-state index in [1.54, 1.807) is 43.3 Å². The molecule has 0 aliphatic heterocycles. The highest BCUT2D eigenvalue weighted by atomic mass is 32.2. The highest BCUT2D eigenvalue weighted by Crippen LogP contribution is 2.16. The summed E-state index contributed by atoms with van der Waals surface area (Å²) in [6.07, 6.45) is 2.58. The standard InChI is InChI=1S/C20H24O5S/c1-3-20(21)25-18-11-9-17(10-12-18)6-4-5-15-24-26(22,23)19-13-7-16(2)8-14-19/h7-14H,3-6,15H2,1-2H3. The number of hydrogen-bond donors (Lipinski definition) is 0. The van der Waals surface area contributed by atoms with Gasteiger partial charge in [0, 0.05) is 6.42 Å². The summed E-state index contributed by atoms with van der Waals surface area (Å²) in [4.78, 5) is 11.4. The molecule has 26 heavy (non-hydrogen) atoms. The van der Waals surface area contributed by atoms with Gasteiger partial charge in [-0.25, -0.2) is 0 Å². The van der Waals surface area contributed by atoms with Crippen molar-refractivity contribution in [1.29, 1.82) is 0 Å². The number of ether oxygens (including phenoxy) is 1. The lowest BCUT2D eigenvalue weighted by Crippen LogP contribution is -2.08.